The summed E-state index contributed by atoms with van der Waals surface area (Å²) in [4.78, 5) is 2.11. The van der Waals surface area contributed by atoms with E-state index in [0.29, 0.717) is 41.8 Å². The van der Waals surface area contributed by atoms with Gasteiger partial charge in [0.2, 0.25) is 0 Å². The SMILES string of the molecule is O=S(=NCC1CC1)(NC1=CCC=C(N2c3ccccc3Oc3ccccc32)[C@@H]1O)c1ccc(OC(F)(F)F)cc1. The van der Waals surface area contributed by atoms with Crippen molar-refractivity contribution in [2.45, 2.75) is 36.6 Å². The molecular weight excluding hydrogens is 543 g/mol. The number of allylic oxidation sites excluding steroid dienone is 2. The van der Waals surface area contributed by atoms with E-state index >= 15 is 0 Å². The van der Waals surface area contributed by atoms with Gasteiger partial charge in [-0.15, -0.1) is 13.2 Å². The Morgan fingerprint density at radius 3 is 2.20 bits per heavy atom. The number of para-hydroxylation sites is 4. The molecule has 2 aliphatic carbocycles. The topological polar surface area (TPSA) is 83.4 Å². The van der Waals surface area contributed by atoms with Crippen LogP contribution < -0.4 is 19.1 Å². The predicted octanol–water partition coefficient (Wildman–Crippen LogP) is 6.80. The lowest BCUT2D eigenvalue weighted by molar-refractivity contribution is -0.274. The molecule has 3 aromatic carbocycles. The van der Waals surface area contributed by atoms with Crippen LogP contribution in [0, 0.1) is 5.92 Å². The molecular formula is C29H26F3N3O4S. The fourth-order valence-corrected chi connectivity index (χ4v) is 6.42. The molecule has 3 aromatic rings. The van der Waals surface area contributed by atoms with E-state index in [1.54, 1.807) is 6.08 Å². The van der Waals surface area contributed by atoms with Gasteiger partial charge in [0, 0.05) is 0 Å². The van der Waals surface area contributed by atoms with E-state index in [1.807, 2.05) is 59.5 Å². The van der Waals surface area contributed by atoms with Crippen LogP contribution in [-0.4, -0.2) is 28.3 Å². The summed E-state index contributed by atoms with van der Waals surface area (Å²) >= 11 is 0. The Morgan fingerprint density at radius 2 is 1.60 bits per heavy atom. The maximum Gasteiger partial charge on any atom is 0.573 e. The van der Waals surface area contributed by atoms with Gasteiger partial charge in [-0.1, -0.05) is 36.4 Å². The molecule has 2 atom stereocenters. The van der Waals surface area contributed by atoms with E-state index in [9.17, 15) is 22.5 Å². The van der Waals surface area contributed by atoms with Crippen LogP contribution in [0.3, 0.4) is 0 Å². The van der Waals surface area contributed by atoms with Crippen molar-refractivity contribution in [3.8, 4) is 17.2 Å². The number of anilines is 2. The van der Waals surface area contributed by atoms with Gasteiger partial charge >= 0.3 is 6.36 Å². The van der Waals surface area contributed by atoms with Crippen LogP contribution in [0.15, 0.2) is 106 Å². The van der Waals surface area contributed by atoms with Crippen LogP contribution in [0.1, 0.15) is 19.3 Å². The molecule has 40 heavy (non-hydrogen) atoms. The first kappa shape index (κ1) is 26.3. The number of benzene rings is 3. The van der Waals surface area contributed by atoms with Crippen molar-refractivity contribution >= 4 is 21.3 Å². The lowest BCUT2D eigenvalue weighted by Crippen LogP contribution is -2.37. The number of ether oxygens (including phenoxy) is 2. The summed E-state index contributed by atoms with van der Waals surface area (Å²) in [6.45, 7) is 0.336. The van der Waals surface area contributed by atoms with Crippen LogP contribution in [0.2, 0.25) is 0 Å². The monoisotopic (exact) mass is 569 g/mol. The normalized spacial score (nSPS) is 19.7. The van der Waals surface area contributed by atoms with Gasteiger partial charge in [-0.3, -0.25) is 4.72 Å². The number of halogens is 3. The molecule has 0 radical (unpaired) electrons. The molecule has 0 bridgehead atoms. The number of nitrogens with zero attached hydrogens (tertiary/aromatic N) is 2. The number of hydrogen-bond donors (Lipinski definition) is 2. The van der Waals surface area contributed by atoms with E-state index in [0.717, 1.165) is 36.3 Å². The average molecular weight is 570 g/mol. The zero-order valence-electron chi connectivity index (χ0n) is 21.2. The first-order valence-corrected chi connectivity index (χ1v) is 14.3. The molecule has 7 nitrogen and oxygen atoms in total. The second-order valence-electron chi connectivity index (χ2n) is 9.70. The number of rotatable bonds is 7. The van der Waals surface area contributed by atoms with Crippen LogP contribution in [0.25, 0.3) is 0 Å². The summed E-state index contributed by atoms with van der Waals surface area (Å²) in [5, 5.41) is 11.6. The molecule has 2 N–H and O–H groups in total. The van der Waals surface area contributed by atoms with Gasteiger partial charge in [0.25, 0.3) is 0 Å². The highest BCUT2D eigenvalue weighted by Crippen LogP contribution is 2.49. The minimum absolute atomic E-state index is 0.189. The highest BCUT2D eigenvalue weighted by molar-refractivity contribution is 7.91. The van der Waals surface area contributed by atoms with Crippen molar-refractivity contribution in [2.24, 2.45) is 10.3 Å². The number of nitrogens with one attached hydrogen (secondary N) is 1. The van der Waals surface area contributed by atoms with Gasteiger partial charge in [-0.25, -0.2) is 8.57 Å². The Hall–Kier alpha value is -3.96. The fraction of sp³-hybridized carbons (Fsp3) is 0.241. The van der Waals surface area contributed by atoms with Crippen molar-refractivity contribution in [3.63, 3.8) is 0 Å². The third kappa shape index (κ3) is 5.39. The summed E-state index contributed by atoms with van der Waals surface area (Å²) < 4.78 is 69.7. The number of alkyl halides is 3. The lowest BCUT2D eigenvalue weighted by Gasteiger charge is -2.37. The second-order valence-corrected chi connectivity index (χ2v) is 11.7. The van der Waals surface area contributed by atoms with E-state index in [4.69, 9.17) is 4.74 Å². The molecule has 11 heteroatoms. The molecule has 0 amide bonds. The third-order valence-electron chi connectivity index (χ3n) is 6.77. The van der Waals surface area contributed by atoms with Crippen molar-refractivity contribution < 1.29 is 32.0 Å². The van der Waals surface area contributed by atoms with Gasteiger partial charge in [-0.2, -0.15) is 0 Å². The zero-order valence-corrected chi connectivity index (χ0v) is 22.0. The molecule has 3 aliphatic rings. The maximum atomic E-state index is 14.3. The van der Waals surface area contributed by atoms with E-state index in [2.05, 4.69) is 13.8 Å². The van der Waals surface area contributed by atoms with Gasteiger partial charge in [0.15, 0.2) is 21.4 Å². The standard InChI is InChI=1S/C29H26F3N3O4S/c30-29(31,32)39-20-14-16-21(17-15-20)40(37,33-18-19-12-13-19)34-22-6-5-9-25(28(22)36)35-23-7-1-3-10-26(23)38-27-11-4-2-8-24(27)35/h1-4,6-11,14-17,19,28,36H,5,12-13,18H2,(H,33,34,37)/t28-,40?/m1/s1. The molecule has 0 saturated heterocycles. The quantitative estimate of drug-likeness (QED) is 0.327. The molecule has 1 unspecified atom stereocenters. The summed E-state index contributed by atoms with van der Waals surface area (Å²) in [5.41, 5.74) is 2.32. The Morgan fingerprint density at radius 1 is 0.975 bits per heavy atom. The lowest BCUT2D eigenvalue weighted by atomic mass is 10.0. The van der Waals surface area contributed by atoms with Gasteiger partial charge < -0.3 is 19.5 Å². The van der Waals surface area contributed by atoms with Gasteiger partial charge in [0.05, 0.1) is 34.2 Å². The smallest absolute Gasteiger partial charge is 0.453 e. The van der Waals surface area contributed by atoms with Gasteiger partial charge in [0.1, 0.15) is 11.9 Å². The second kappa shape index (κ2) is 10.2. The first-order chi connectivity index (χ1) is 19.2. The Labute approximate surface area is 229 Å². The summed E-state index contributed by atoms with van der Waals surface area (Å²) in [5.74, 6) is 1.15. The highest BCUT2D eigenvalue weighted by atomic mass is 32.2. The molecule has 1 heterocycles. The predicted molar refractivity (Wildman–Crippen MR) is 145 cm³/mol. The Kier molecular flexibility index (Phi) is 6.71. The number of aliphatic hydroxyl groups excluding tert-OH is 1. The van der Waals surface area contributed by atoms with Crippen molar-refractivity contribution in [1.29, 1.82) is 0 Å². The maximum absolute atomic E-state index is 14.3. The molecule has 1 fully saturated rings. The van der Waals surface area contributed by atoms with Crippen LogP contribution >= 0.6 is 0 Å². The highest BCUT2D eigenvalue weighted by Gasteiger charge is 2.34. The van der Waals surface area contributed by atoms with E-state index < -0.39 is 28.1 Å². The zero-order chi connectivity index (χ0) is 27.9. The molecule has 1 aliphatic heterocycles. The number of hydrogen-bond acceptors (Lipinski definition) is 6. The van der Waals surface area contributed by atoms with Crippen LogP contribution in [0.4, 0.5) is 24.5 Å². The van der Waals surface area contributed by atoms with Crippen LogP contribution in [0.5, 0.6) is 17.2 Å². The molecule has 0 spiro atoms. The average Bonchev–Trinajstić information content (AvgIpc) is 3.76. The summed E-state index contributed by atoms with van der Waals surface area (Å²) in [7, 11) is -3.35. The molecule has 208 valence electrons. The first-order valence-electron chi connectivity index (χ1n) is 12.8. The molecule has 6 rings (SSSR count). The summed E-state index contributed by atoms with van der Waals surface area (Å²) in [6, 6.07) is 19.8. The number of fused-ring (bicyclic) bond motifs is 2. The Balaban J connectivity index is 1.32. The number of aliphatic hydroxyl groups is 1. The van der Waals surface area contributed by atoms with E-state index in [-0.39, 0.29) is 4.90 Å². The summed E-state index contributed by atoms with van der Waals surface area (Å²) in [6.07, 6.45) is -0.0172. The minimum atomic E-state index is -4.84. The van der Waals surface area contributed by atoms with E-state index in [1.165, 1.54) is 12.1 Å². The van der Waals surface area contributed by atoms with Crippen molar-refractivity contribution in [3.05, 3.63) is 96.3 Å². The van der Waals surface area contributed by atoms with Crippen LogP contribution in [-0.2, 0) is 9.92 Å². The third-order valence-corrected chi connectivity index (χ3v) is 8.71. The van der Waals surface area contributed by atoms with Crippen molar-refractivity contribution in [2.75, 3.05) is 11.4 Å². The molecule has 1 saturated carbocycles. The van der Waals surface area contributed by atoms with Gasteiger partial charge in [-0.05, 0) is 73.7 Å². The Bertz CT molecular complexity index is 1560. The fourth-order valence-electron chi connectivity index (χ4n) is 4.65. The van der Waals surface area contributed by atoms with Crippen molar-refractivity contribution in [1.82, 2.24) is 4.72 Å². The minimum Gasteiger partial charge on any atom is -0.453 e. The largest absolute Gasteiger partial charge is 0.573 e. The molecule has 0 aromatic heterocycles.